The van der Waals surface area contributed by atoms with Crippen molar-refractivity contribution in [1.29, 1.82) is 5.26 Å². The molecular weight excluding hydrogens is 425 g/mol. The Morgan fingerprint density at radius 2 is 2.12 bits per heavy atom. The van der Waals surface area contributed by atoms with Gasteiger partial charge in [-0.1, -0.05) is 6.07 Å². The SMILES string of the molecule is N#Cc1cc(-c2ccnc(NC(=O)C3CC3c3nc[nH]n3)c2)ccc1O[C@H]1CCNC[C@H]1F. The van der Waals surface area contributed by atoms with Gasteiger partial charge < -0.3 is 15.4 Å². The van der Waals surface area contributed by atoms with E-state index in [0.29, 0.717) is 42.3 Å². The van der Waals surface area contributed by atoms with Crippen LogP contribution < -0.4 is 15.4 Å². The number of hydrogen-bond acceptors (Lipinski definition) is 7. The highest BCUT2D eigenvalue weighted by molar-refractivity contribution is 5.94. The second kappa shape index (κ2) is 8.96. The molecule has 2 fully saturated rings. The first-order chi connectivity index (χ1) is 16.1. The number of anilines is 1. The van der Waals surface area contributed by atoms with E-state index in [2.05, 4.69) is 36.9 Å². The highest BCUT2D eigenvalue weighted by Crippen LogP contribution is 2.46. The normalized spacial score (nSPS) is 24.0. The van der Waals surface area contributed by atoms with Crippen molar-refractivity contribution in [1.82, 2.24) is 25.5 Å². The van der Waals surface area contributed by atoms with Crippen LogP contribution in [0.15, 0.2) is 42.9 Å². The predicted octanol–water partition coefficient (Wildman–Crippen LogP) is 2.56. The van der Waals surface area contributed by atoms with Gasteiger partial charge in [-0.25, -0.2) is 14.4 Å². The van der Waals surface area contributed by atoms with E-state index in [1.54, 1.807) is 30.5 Å². The highest BCUT2D eigenvalue weighted by atomic mass is 19.1. The Morgan fingerprint density at radius 3 is 2.91 bits per heavy atom. The summed E-state index contributed by atoms with van der Waals surface area (Å²) in [5.41, 5.74) is 1.88. The van der Waals surface area contributed by atoms with Crippen molar-refractivity contribution in [3.63, 3.8) is 0 Å². The van der Waals surface area contributed by atoms with Crippen molar-refractivity contribution in [2.75, 3.05) is 18.4 Å². The van der Waals surface area contributed by atoms with Crippen molar-refractivity contribution in [3.8, 4) is 22.9 Å². The van der Waals surface area contributed by atoms with E-state index < -0.39 is 12.3 Å². The lowest BCUT2D eigenvalue weighted by atomic mass is 10.0. The molecule has 2 aromatic heterocycles. The number of H-pyrrole nitrogens is 1. The van der Waals surface area contributed by atoms with Gasteiger partial charge in [-0.05, 0) is 54.8 Å². The van der Waals surface area contributed by atoms with Crippen LogP contribution in [0, 0.1) is 17.2 Å². The van der Waals surface area contributed by atoms with Crippen molar-refractivity contribution in [2.24, 2.45) is 5.92 Å². The number of alkyl halides is 1. The quantitative estimate of drug-likeness (QED) is 0.530. The number of benzene rings is 1. The molecule has 9 nitrogen and oxygen atoms in total. The third-order valence-electron chi connectivity index (χ3n) is 5.96. The molecule has 1 saturated carbocycles. The van der Waals surface area contributed by atoms with Gasteiger partial charge in [0.15, 0.2) is 5.82 Å². The molecule has 2 unspecified atom stereocenters. The van der Waals surface area contributed by atoms with Gasteiger partial charge in [0, 0.05) is 24.6 Å². The minimum Gasteiger partial charge on any atom is -0.486 e. The summed E-state index contributed by atoms with van der Waals surface area (Å²) in [7, 11) is 0. The number of rotatable bonds is 6. The third kappa shape index (κ3) is 4.54. The van der Waals surface area contributed by atoms with Crippen molar-refractivity contribution in [2.45, 2.75) is 31.0 Å². The summed E-state index contributed by atoms with van der Waals surface area (Å²) in [6.45, 7) is 0.923. The Balaban J connectivity index is 1.29. The van der Waals surface area contributed by atoms with Crippen LogP contribution in [0.25, 0.3) is 11.1 Å². The average Bonchev–Trinajstić information content (AvgIpc) is 3.46. The maximum absolute atomic E-state index is 14.1. The van der Waals surface area contributed by atoms with Crippen LogP contribution in [0.3, 0.4) is 0 Å². The Bertz CT molecular complexity index is 1190. The molecule has 0 bridgehead atoms. The first-order valence-corrected chi connectivity index (χ1v) is 10.8. The molecule has 168 valence electrons. The molecule has 10 heteroatoms. The maximum Gasteiger partial charge on any atom is 0.229 e. The molecule has 1 aliphatic heterocycles. The van der Waals surface area contributed by atoms with E-state index in [1.807, 2.05) is 6.07 Å². The van der Waals surface area contributed by atoms with Crippen molar-refractivity contribution < 1.29 is 13.9 Å². The number of carbonyl (C=O) groups excluding carboxylic acids is 1. The van der Waals surface area contributed by atoms with Crippen molar-refractivity contribution >= 4 is 11.7 Å². The Labute approximate surface area is 189 Å². The van der Waals surface area contributed by atoms with Gasteiger partial charge in [0.05, 0.1) is 5.56 Å². The smallest absolute Gasteiger partial charge is 0.229 e. The lowest BCUT2D eigenvalue weighted by Gasteiger charge is -2.27. The summed E-state index contributed by atoms with van der Waals surface area (Å²) in [6.07, 6.45) is 2.65. The largest absolute Gasteiger partial charge is 0.486 e. The second-order valence-electron chi connectivity index (χ2n) is 8.21. The number of pyridine rings is 1. The topological polar surface area (TPSA) is 129 Å². The van der Waals surface area contributed by atoms with Crippen LogP contribution in [0.2, 0.25) is 0 Å². The first-order valence-electron chi connectivity index (χ1n) is 10.8. The van der Waals surface area contributed by atoms with E-state index in [-0.39, 0.29) is 24.3 Å². The zero-order chi connectivity index (χ0) is 22.8. The first kappa shape index (κ1) is 21.0. The van der Waals surface area contributed by atoms with Crippen LogP contribution in [0.1, 0.15) is 30.1 Å². The predicted molar refractivity (Wildman–Crippen MR) is 117 cm³/mol. The van der Waals surface area contributed by atoms with Crippen molar-refractivity contribution in [3.05, 3.63) is 54.2 Å². The molecule has 1 amide bonds. The van der Waals surface area contributed by atoms with E-state index in [4.69, 9.17) is 4.74 Å². The number of carbonyl (C=O) groups is 1. The standard InChI is InChI=1S/C23H22FN7O2/c24-18-11-26-5-4-20(18)33-19-2-1-13(7-15(19)10-25)14-3-6-27-21(8-14)30-23(32)17-9-16(17)22-28-12-29-31-22/h1-3,6-8,12,16-18,20,26H,4-5,9,11H2,(H,27,30,32)(H,28,29,31)/t16?,17?,18-,20+/m1/s1. The molecule has 33 heavy (non-hydrogen) atoms. The molecule has 2 aliphatic rings. The summed E-state index contributed by atoms with van der Waals surface area (Å²) >= 11 is 0. The van der Waals surface area contributed by atoms with Gasteiger partial charge in [0.1, 0.15) is 36.2 Å². The monoisotopic (exact) mass is 447 g/mol. The minimum absolute atomic E-state index is 0.0222. The number of nitriles is 1. The maximum atomic E-state index is 14.1. The highest BCUT2D eigenvalue weighted by Gasteiger charge is 2.46. The molecule has 1 aromatic carbocycles. The van der Waals surface area contributed by atoms with Crippen LogP contribution in [0.4, 0.5) is 10.2 Å². The number of ether oxygens (including phenoxy) is 1. The second-order valence-corrected chi connectivity index (χ2v) is 8.21. The van der Waals surface area contributed by atoms with Gasteiger partial charge in [-0.15, -0.1) is 0 Å². The molecule has 5 rings (SSSR count). The van der Waals surface area contributed by atoms with Crippen LogP contribution >= 0.6 is 0 Å². The zero-order valence-corrected chi connectivity index (χ0v) is 17.7. The number of hydrogen-bond donors (Lipinski definition) is 3. The molecule has 4 atom stereocenters. The zero-order valence-electron chi connectivity index (χ0n) is 17.7. The van der Waals surface area contributed by atoms with Crippen LogP contribution in [-0.4, -0.2) is 51.4 Å². The van der Waals surface area contributed by atoms with Crippen LogP contribution in [-0.2, 0) is 4.79 Å². The summed E-state index contributed by atoms with van der Waals surface area (Å²) < 4.78 is 19.9. The van der Waals surface area contributed by atoms with E-state index >= 15 is 0 Å². The number of piperidine rings is 1. The van der Waals surface area contributed by atoms with E-state index in [1.165, 1.54) is 6.33 Å². The molecule has 3 heterocycles. The number of nitrogens with zero attached hydrogens (tertiary/aromatic N) is 4. The molecule has 1 saturated heterocycles. The van der Waals surface area contributed by atoms with E-state index in [9.17, 15) is 14.4 Å². The fourth-order valence-electron chi connectivity index (χ4n) is 4.06. The molecule has 0 spiro atoms. The number of amides is 1. The summed E-state index contributed by atoms with van der Waals surface area (Å²) in [5, 5.41) is 22.2. The third-order valence-corrected chi connectivity index (χ3v) is 5.96. The average molecular weight is 447 g/mol. The fourth-order valence-corrected chi connectivity index (χ4v) is 4.06. The number of halogens is 1. The lowest BCUT2D eigenvalue weighted by Crippen LogP contribution is -2.44. The van der Waals surface area contributed by atoms with Crippen LogP contribution in [0.5, 0.6) is 5.75 Å². The van der Waals surface area contributed by atoms with E-state index in [0.717, 1.165) is 11.1 Å². The molecule has 3 aromatic rings. The fraction of sp³-hybridized carbons (Fsp3) is 0.348. The van der Waals surface area contributed by atoms with Gasteiger partial charge >= 0.3 is 0 Å². The summed E-state index contributed by atoms with van der Waals surface area (Å²) in [6, 6.07) is 10.9. The summed E-state index contributed by atoms with van der Waals surface area (Å²) in [5.74, 6) is 1.15. The van der Waals surface area contributed by atoms with Gasteiger partial charge in [0.2, 0.25) is 5.91 Å². The molecular formula is C23H22FN7O2. The van der Waals surface area contributed by atoms with Gasteiger partial charge in [0.25, 0.3) is 0 Å². The van der Waals surface area contributed by atoms with Gasteiger partial charge in [-0.3, -0.25) is 9.89 Å². The van der Waals surface area contributed by atoms with Gasteiger partial charge in [-0.2, -0.15) is 10.4 Å². The summed E-state index contributed by atoms with van der Waals surface area (Å²) in [4.78, 5) is 20.9. The number of aromatic nitrogens is 4. The number of aromatic amines is 1. The molecule has 0 radical (unpaired) electrons. The Kier molecular flexibility index (Phi) is 5.71. The lowest BCUT2D eigenvalue weighted by molar-refractivity contribution is -0.117. The number of nitrogens with one attached hydrogen (secondary N) is 3. The Morgan fingerprint density at radius 1 is 1.24 bits per heavy atom. The minimum atomic E-state index is -1.12. The Hall–Kier alpha value is -3.84. The molecule has 3 N–H and O–H groups in total. The molecule has 1 aliphatic carbocycles.